The summed E-state index contributed by atoms with van der Waals surface area (Å²) in [6.45, 7) is 3.46. The first-order valence-corrected chi connectivity index (χ1v) is 5.74. The van der Waals surface area contributed by atoms with E-state index in [0.717, 1.165) is 5.56 Å². The molecule has 2 N–H and O–H groups in total. The van der Waals surface area contributed by atoms with Crippen LogP contribution in [0.1, 0.15) is 18.9 Å². The van der Waals surface area contributed by atoms with E-state index in [4.69, 9.17) is 9.84 Å². The van der Waals surface area contributed by atoms with Crippen LogP contribution in [-0.2, 0) is 9.59 Å². The van der Waals surface area contributed by atoms with Crippen LogP contribution in [0.15, 0.2) is 24.3 Å². The highest BCUT2D eigenvalue weighted by Crippen LogP contribution is 2.10. The summed E-state index contributed by atoms with van der Waals surface area (Å²) in [6, 6.07) is 6.41. The van der Waals surface area contributed by atoms with E-state index < -0.39 is 17.9 Å². The second kappa shape index (κ2) is 6.64. The first kappa shape index (κ1) is 14.0. The van der Waals surface area contributed by atoms with Crippen molar-refractivity contribution < 1.29 is 19.4 Å². The molecule has 5 nitrogen and oxygen atoms in total. The van der Waals surface area contributed by atoms with Crippen molar-refractivity contribution in [2.45, 2.75) is 26.3 Å². The summed E-state index contributed by atoms with van der Waals surface area (Å²) < 4.78 is 5.24. The topological polar surface area (TPSA) is 75.6 Å². The van der Waals surface area contributed by atoms with Crippen molar-refractivity contribution in [3.05, 3.63) is 29.8 Å². The van der Waals surface area contributed by atoms with Gasteiger partial charge in [-0.3, -0.25) is 4.79 Å². The SMILES string of the molecule is CC[C@@H](NC(=O)COc1ccc(C)cc1)C(=O)O. The van der Waals surface area contributed by atoms with Crippen molar-refractivity contribution in [2.24, 2.45) is 0 Å². The summed E-state index contributed by atoms with van der Waals surface area (Å²) in [5.74, 6) is -0.898. The Kier molecular flexibility index (Phi) is 5.17. The normalized spacial score (nSPS) is 11.7. The molecule has 0 aromatic heterocycles. The second-order valence-electron chi connectivity index (χ2n) is 3.97. The molecule has 0 saturated heterocycles. The summed E-state index contributed by atoms with van der Waals surface area (Å²) in [4.78, 5) is 22.2. The van der Waals surface area contributed by atoms with Crippen LogP contribution in [0.2, 0.25) is 0 Å². The number of benzene rings is 1. The van der Waals surface area contributed by atoms with Crippen LogP contribution in [0.4, 0.5) is 0 Å². The molecule has 1 rings (SSSR count). The molecule has 18 heavy (non-hydrogen) atoms. The van der Waals surface area contributed by atoms with Crippen molar-refractivity contribution in [1.82, 2.24) is 5.32 Å². The molecule has 1 aromatic carbocycles. The number of carbonyl (C=O) groups excluding carboxylic acids is 1. The predicted molar refractivity (Wildman–Crippen MR) is 66.5 cm³/mol. The number of nitrogens with one attached hydrogen (secondary N) is 1. The van der Waals surface area contributed by atoms with E-state index in [-0.39, 0.29) is 6.61 Å². The number of rotatable bonds is 6. The van der Waals surface area contributed by atoms with Gasteiger partial charge < -0.3 is 15.2 Å². The molecule has 1 aromatic rings. The number of ether oxygens (including phenoxy) is 1. The van der Waals surface area contributed by atoms with Gasteiger partial charge in [-0.2, -0.15) is 0 Å². The Bertz CT molecular complexity index is 414. The van der Waals surface area contributed by atoms with E-state index in [1.54, 1.807) is 19.1 Å². The molecule has 5 heteroatoms. The average Bonchev–Trinajstić information content (AvgIpc) is 2.35. The zero-order valence-corrected chi connectivity index (χ0v) is 10.5. The standard InChI is InChI=1S/C13H17NO4/c1-3-11(13(16)17)14-12(15)8-18-10-6-4-9(2)5-7-10/h4-7,11H,3,8H2,1-2H3,(H,14,15)(H,16,17)/t11-/m1/s1. The Morgan fingerprint density at radius 3 is 2.44 bits per heavy atom. The summed E-state index contributed by atoms with van der Waals surface area (Å²) >= 11 is 0. The van der Waals surface area contributed by atoms with E-state index in [0.29, 0.717) is 12.2 Å². The summed E-state index contributed by atoms with van der Waals surface area (Å²) in [5, 5.41) is 11.2. The minimum atomic E-state index is -1.04. The highest BCUT2D eigenvalue weighted by atomic mass is 16.5. The fourth-order valence-corrected chi connectivity index (χ4v) is 1.36. The zero-order chi connectivity index (χ0) is 13.5. The van der Waals surface area contributed by atoms with Gasteiger partial charge in [0.25, 0.3) is 5.91 Å². The van der Waals surface area contributed by atoms with Crippen molar-refractivity contribution in [3.63, 3.8) is 0 Å². The van der Waals surface area contributed by atoms with Crippen LogP contribution >= 0.6 is 0 Å². The van der Waals surface area contributed by atoms with Crippen LogP contribution in [0.5, 0.6) is 5.75 Å². The largest absolute Gasteiger partial charge is 0.484 e. The third kappa shape index (κ3) is 4.45. The molecule has 0 aliphatic rings. The molecule has 0 unspecified atom stereocenters. The molecule has 0 bridgehead atoms. The van der Waals surface area contributed by atoms with E-state index in [2.05, 4.69) is 5.32 Å². The molecule has 0 fully saturated rings. The van der Waals surface area contributed by atoms with Gasteiger partial charge in [-0.25, -0.2) is 4.79 Å². The van der Waals surface area contributed by atoms with Crippen LogP contribution < -0.4 is 10.1 Å². The van der Waals surface area contributed by atoms with E-state index in [9.17, 15) is 9.59 Å². The number of carboxylic acid groups (broad SMARTS) is 1. The lowest BCUT2D eigenvalue weighted by Crippen LogP contribution is -2.42. The Balaban J connectivity index is 2.41. The molecule has 0 radical (unpaired) electrons. The number of carbonyl (C=O) groups is 2. The van der Waals surface area contributed by atoms with Crippen LogP contribution in [-0.4, -0.2) is 29.6 Å². The number of aryl methyl sites for hydroxylation is 1. The summed E-state index contributed by atoms with van der Waals surface area (Å²) in [7, 11) is 0. The van der Waals surface area contributed by atoms with Crippen molar-refractivity contribution in [2.75, 3.05) is 6.61 Å². The van der Waals surface area contributed by atoms with Gasteiger partial charge in [-0.1, -0.05) is 24.6 Å². The van der Waals surface area contributed by atoms with Crippen LogP contribution in [0.3, 0.4) is 0 Å². The van der Waals surface area contributed by atoms with Gasteiger partial charge in [0.15, 0.2) is 6.61 Å². The fourth-order valence-electron chi connectivity index (χ4n) is 1.36. The Morgan fingerprint density at radius 1 is 1.33 bits per heavy atom. The maximum Gasteiger partial charge on any atom is 0.326 e. The van der Waals surface area contributed by atoms with Gasteiger partial charge >= 0.3 is 5.97 Å². The summed E-state index contributed by atoms with van der Waals surface area (Å²) in [6.07, 6.45) is 0.339. The number of amides is 1. The number of carboxylic acids is 1. The number of hydrogen-bond donors (Lipinski definition) is 2. The molecule has 1 atom stereocenters. The zero-order valence-electron chi connectivity index (χ0n) is 10.5. The minimum Gasteiger partial charge on any atom is -0.484 e. The summed E-state index contributed by atoms with van der Waals surface area (Å²) in [5.41, 5.74) is 1.10. The molecule has 0 aliphatic heterocycles. The predicted octanol–water partition coefficient (Wildman–Crippen LogP) is 1.35. The molecule has 1 amide bonds. The monoisotopic (exact) mass is 251 g/mol. The molecule has 0 saturated carbocycles. The smallest absolute Gasteiger partial charge is 0.326 e. The fraction of sp³-hybridized carbons (Fsp3) is 0.385. The number of hydrogen-bond acceptors (Lipinski definition) is 3. The lowest BCUT2D eigenvalue weighted by atomic mass is 10.2. The molecular weight excluding hydrogens is 234 g/mol. The molecule has 0 spiro atoms. The Hall–Kier alpha value is -2.04. The van der Waals surface area contributed by atoms with Crippen molar-refractivity contribution in [1.29, 1.82) is 0 Å². The first-order chi connectivity index (χ1) is 8.52. The van der Waals surface area contributed by atoms with Gasteiger partial charge in [0.1, 0.15) is 11.8 Å². The van der Waals surface area contributed by atoms with Gasteiger partial charge in [-0.15, -0.1) is 0 Å². The average molecular weight is 251 g/mol. The quantitative estimate of drug-likeness (QED) is 0.800. The van der Waals surface area contributed by atoms with Crippen LogP contribution in [0.25, 0.3) is 0 Å². The van der Waals surface area contributed by atoms with Gasteiger partial charge in [0.2, 0.25) is 0 Å². The van der Waals surface area contributed by atoms with Crippen molar-refractivity contribution in [3.8, 4) is 5.75 Å². The maximum absolute atomic E-state index is 11.5. The van der Waals surface area contributed by atoms with Gasteiger partial charge in [0.05, 0.1) is 0 Å². The first-order valence-electron chi connectivity index (χ1n) is 5.74. The number of aliphatic carboxylic acids is 1. The molecular formula is C13H17NO4. The minimum absolute atomic E-state index is 0.188. The molecule has 0 aliphatic carbocycles. The van der Waals surface area contributed by atoms with Crippen molar-refractivity contribution >= 4 is 11.9 Å². The Morgan fingerprint density at radius 2 is 1.94 bits per heavy atom. The lowest BCUT2D eigenvalue weighted by Gasteiger charge is -2.12. The van der Waals surface area contributed by atoms with Gasteiger partial charge in [0, 0.05) is 0 Å². The second-order valence-corrected chi connectivity index (χ2v) is 3.97. The highest BCUT2D eigenvalue weighted by Gasteiger charge is 2.17. The van der Waals surface area contributed by atoms with E-state index in [1.807, 2.05) is 19.1 Å². The van der Waals surface area contributed by atoms with Crippen LogP contribution in [0, 0.1) is 6.92 Å². The third-order valence-corrected chi connectivity index (χ3v) is 2.43. The maximum atomic E-state index is 11.5. The highest BCUT2D eigenvalue weighted by molar-refractivity contribution is 5.84. The molecule has 98 valence electrons. The third-order valence-electron chi connectivity index (χ3n) is 2.43. The molecule has 0 heterocycles. The van der Waals surface area contributed by atoms with Gasteiger partial charge in [-0.05, 0) is 25.5 Å². The van der Waals surface area contributed by atoms with E-state index in [1.165, 1.54) is 0 Å². The van der Waals surface area contributed by atoms with E-state index >= 15 is 0 Å². The Labute approximate surface area is 106 Å². The lowest BCUT2D eigenvalue weighted by molar-refractivity contribution is -0.142.